The molecule has 1 aromatic heterocycles. The average molecular weight is 123 g/mol. The first-order chi connectivity index (χ1) is 4.38. The molecule has 1 rings (SSSR count). The molecule has 48 valence electrons. The highest BCUT2D eigenvalue weighted by atomic mass is 15.3. The van der Waals surface area contributed by atoms with Gasteiger partial charge >= 0.3 is 0 Å². The molecule has 0 aliphatic rings. The summed E-state index contributed by atoms with van der Waals surface area (Å²) in [6.45, 7) is 7.08. The molecule has 1 heterocycles. The molecule has 3 heteroatoms. The standard InChI is InChI=1S/C6H7N3.H2/c1-3-5-6(4-2)8-9-7-5;/h3-4H,1-2H2,(H,7,8,9);1H. The van der Waals surface area contributed by atoms with Gasteiger partial charge in [0.25, 0.3) is 0 Å². The van der Waals surface area contributed by atoms with Gasteiger partial charge in [-0.15, -0.1) is 0 Å². The van der Waals surface area contributed by atoms with Crippen molar-refractivity contribution >= 4 is 12.2 Å². The van der Waals surface area contributed by atoms with Crippen LogP contribution in [0.2, 0.25) is 0 Å². The molecule has 0 unspecified atom stereocenters. The highest BCUT2D eigenvalue weighted by Gasteiger charge is 1.95. The zero-order valence-corrected chi connectivity index (χ0v) is 4.96. The Kier molecular flexibility index (Phi) is 1.44. The van der Waals surface area contributed by atoms with Crippen molar-refractivity contribution in [3.8, 4) is 0 Å². The van der Waals surface area contributed by atoms with Crippen molar-refractivity contribution in [1.82, 2.24) is 15.4 Å². The van der Waals surface area contributed by atoms with Gasteiger partial charge in [0.05, 0.1) is 0 Å². The van der Waals surface area contributed by atoms with Crippen molar-refractivity contribution < 1.29 is 1.43 Å². The van der Waals surface area contributed by atoms with Crippen LogP contribution < -0.4 is 0 Å². The van der Waals surface area contributed by atoms with Crippen LogP contribution >= 0.6 is 0 Å². The largest absolute Gasteiger partial charge is 0.197 e. The summed E-state index contributed by atoms with van der Waals surface area (Å²) in [4.78, 5) is 0. The lowest BCUT2D eigenvalue weighted by Gasteiger charge is -1.79. The molecule has 0 saturated heterocycles. The van der Waals surface area contributed by atoms with Crippen molar-refractivity contribution in [3.05, 3.63) is 24.5 Å². The van der Waals surface area contributed by atoms with Gasteiger partial charge in [0.2, 0.25) is 0 Å². The van der Waals surface area contributed by atoms with Gasteiger partial charge in [0.1, 0.15) is 11.4 Å². The first kappa shape index (κ1) is 5.75. The molecular weight excluding hydrogens is 114 g/mol. The fraction of sp³-hybridized carbons (Fsp3) is 0. The van der Waals surface area contributed by atoms with Gasteiger partial charge in [0, 0.05) is 1.43 Å². The third kappa shape index (κ3) is 0.887. The average Bonchev–Trinajstić information content (AvgIpc) is 2.33. The SMILES string of the molecule is C=Cc1n[nH]nc1C=C.[HH]. The lowest BCUT2D eigenvalue weighted by Crippen LogP contribution is -1.73. The topological polar surface area (TPSA) is 41.6 Å². The fourth-order valence-corrected chi connectivity index (χ4v) is 0.548. The predicted octanol–water partition coefficient (Wildman–Crippen LogP) is 1.34. The lowest BCUT2D eigenvalue weighted by molar-refractivity contribution is 0.935. The van der Waals surface area contributed by atoms with E-state index in [-0.39, 0.29) is 1.43 Å². The van der Waals surface area contributed by atoms with Crippen LogP contribution in [0.4, 0.5) is 0 Å². The molecular formula is C6H9N3. The summed E-state index contributed by atoms with van der Waals surface area (Å²) in [5.41, 5.74) is 1.48. The Morgan fingerprint density at radius 3 is 2.00 bits per heavy atom. The van der Waals surface area contributed by atoms with Gasteiger partial charge in [-0.05, 0) is 12.2 Å². The van der Waals surface area contributed by atoms with Crippen LogP contribution in [0.25, 0.3) is 12.2 Å². The number of hydrogen-bond acceptors (Lipinski definition) is 2. The summed E-state index contributed by atoms with van der Waals surface area (Å²) in [5.74, 6) is 0. The smallest absolute Gasteiger partial charge is 0.112 e. The number of aromatic amines is 1. The quantitative estimate of drug-likeness (QED) is 0.644. The van der Waals surface area contributed by atoms with Crippen LogP contribution in [0.15, 0.2) is 13.2 Å². The second-order valence-electron chi connectivity index (χ2n) is 1.50. The zero-order chi connectivity index (χ0) is 6.69. The number of H-pyrrole nitrogens is 1. The summed E-state index contributed by atoms with van der Waals surface area (Å²) in [7, 11) is 0. The van der Waals surface area contributed by atoms with Crippen LogP contribution in [0.3, 0.4) is 0 Å². The van der Waals surface area contributed by atoms with Gasteiger partial charge < -0.3 is 0 Å². The fourth-order valence-electron chi connectivity index (χ4n) is 0.548. The second-order valence-corrected chi connectivity index (χ2v) is 1.50. The minimum atomic E-state index is 0. The second kappa shape index (κ2) is 2.26. The monoisotopic (exact) mass is 123 g/mol. The molecule has 0 fully saturated rings. The summed E-state index contributed by atoms with van der Waals surface area (Å²) < 4.78 is 0. The summed E-state index contributed by atoms with van der Waals surface area (Å²) in [6.07, 6.45) is 3.25. The minimum absolute atomic E-state index is 0. The van der Waals surface area contributed by atoms with E-state index in [0.717, 1.165) is 11.4 Å². The Morgan fingerprint density at radius 2 is 1.67 bits per heavy atom. The Labute approximate surface area is 54.6 Å². The number of aromatic nitrogens is 3. The molecule has 0 aliphatic heterocycles. The summed E-state index contributed by atoms with van der Waals surface area (Å²) >= 11 is 0. The van der Waals surface area contributed by atoms with E-state index in [1.165, 1.54) is 0 Å². The minimum Gasteiger partial charge on any atom is -0.197 e. The van der Waals surface area contributed by atoms with Gasteiger partial charge in [-0.1, -0.05) is 13.2 Å². The molecule has 0 spiro atoms. The Bertz CT molecular complexity index is 206. The van der Waals surface area contributed by atoms with E-state index < -0.39 is 0 Å². The highest BCUT2D eigenvalue weighted by molar-refractivity contribution is 5.55. The Hall–Kier alpha value is -1.38. The molecule has 9 heavy (non-hydrogen) atoms. The molecule has 3 nitrogen and oxygen atoms in total. The van der Waals surface area contributed by atoms with E-state index >= 15 is 0 Å². The molecule has 0 saturated carbocycles. The van der Waals surface area contributed by atoms with Crippen LogP contribution in [-0.4, -0.2) is 15.4 Å². The Balaban J connectivity index is 0.000000810. The van der Waals surface area contributed by atoms with E-state index in [2.05, 4.69) is 28.6 Å². The summed E-state index contributed by atoms with van der Waals surface area (Å²) in [6, 6.07) is 0. The lowest BCUT2D eigenvalue weighted by atomic mass is 10.3. The molecule has 0 aromatic carbocycles. The normalized spacial score (nSPS) is 8.89. The number of nitrogens with zero attached hydrogens (tertiary/aromatic N) is 2. The molecule has 0 amide bonds. The van der Waals surface area contributed by atoms with Crippen LogP contribution in [0, 0.1) is 0 Å². The molecule has 1 aromatic rings. The maximum Gasteiger partial charge on any atom is 0.112 e. The first-order valence-corrected chi connectivity index (χ1v) is 2.54. The first-order valence-electron chi connectivity index (χ1n) is 2.54. The van der Waals surface area contributed by atoms with Gasteiger partial charge in [-0.3, -0.25) is 0 Å². The van der Waals surface area contributed by atoms with Crippen molar-refractivity contribution in [2.45, 2.75) is 0 Å². The zero-order valence-electron chi connectivity index (χ0n) is 4.96. The van der Waals surface area contributed by atoms with E-state index in [9.17, 15) is 0 Å². The number of nitrogens with one attached hydrogen (secondary N) is 1. The number of hydrogen-bond donors (Lipinski definition) is 1. The van der Waals surface area contributed by atoms with Crippen molar-refractivity contribution in [2.24, 2.45) is 0 Å². The third-order valence-corrected chi connectivity index (χ3v) is 0.990. The van der Waals surface area contributed by atoms with Crippen molar-refractivity contribution in [2.75, 3.05) is 0 Å². The highest BCUT2D eigenvalue weighted by Crippen LogP contribution is 2.01. The molecule has 0 atom stereocenters. The maximum absolute atomic E-state index is 3.78. The van der Waals surface area contributed by atoms with Gasteiger partial charge in [0.15, 0.2) is 0 Å². The molecule has 0 aliphatic carbocycles. The van der Waals surface area contributed by atoms with E-state index in [1.807, 2.05) is 0 Å². The third-order valence-electron chi connectivity index (χ3n) is 0.990. The number of rotatable bonds is 2. The maximum atomic E-state index is 3.78. The van der Waals surface area contributed by atoms with E-state index in [4.69, 9.17) is 0 Å². The predicted molar refractivity (Wildman–Crippen MR) is 38.7 cm³/mol. The molecule has 0 radical (unpaired) electrons. The molecule has 1 N–H and O–H groups in total. The van der Waals surface area contributed by atoms with Gasteiger partial charge in [-0.2, -0.15) is 15.4 Å². The van der Waals surface area contributed by atoms with Crippen LogP contribution in [0.5, 0.6) is 0 Å². The van der Waals surface area contributed by atoms with Gasteiger partial charge in [-0.25, -0.2) is 0 Å². The summed E-state index contributed by atoms with van der Waals surface area (Å²) in [5, 5.41) is 10.0. The Morgan fingerprint density at radius 1 is 1.22 bits per heavy atom. The van der Waals surface area contributed by atoms with E-state index in [0.29, 0.717) is 0 Å². The van der Waals surface area contributed by atoms with Crippen molar-refractivity contribution in [1.29, 1.82) is 0 Å². The van der Waals surface area contributed by atoms with E-state index in [1.54, 1.807) is 12.2 Å². The van der Waals surface area contributed by atoms with Crippen LogP contribution in [0.1, 0.15) is 12.8 Å². The van der Waals surface area contributed by atoms with Crippen molar-refractivity contribution in [3.63, 3.8) is 0 Å². The van der Waals surface area contributed by atoms with Crippen LogP contribution in [-0.2, 0) is 0 Å². The molecule has 0 bridgehead atoms.